The number of nitrogens with zero attached hydrogens (tertiary/aromatic N) is 3. The number of amidine groups is 1. The van der Waals surface area contributed by atoms with Gasteiger partial charge in [-0.2, -0.15) is 0 Å². The molecule has 4 nitrogen and oxygen atoms in total. The zero-order valence-electron chi connectivity index (χ0n) is 20.6. The summed E-state index contributed by atoms with van der Waals surface area (Å²) in [6.45, 7) is 5.18. The summed E-state index contributed by atoms with van der Waals surface area (Å²) in [5.41, 5.74) is 4.88. The minimum Gasteiger partial charge on any atom is -0.344 e. The number of rotatable bonds is 5. The number of thioether (sulfide) groups is 1. The van der Waals surface area contributed by atoms with Crippen LogP contribution in [0, 0.1) is 13.8 Å². The van der Waals surface area contributed by atoms with Crippen molar-refractivity contribution in [1.29, 1.82) is 0 Å². The van der Waals surface area contributed by atoms with Gasteiger partial charge >= 0.3 is 0 Å². The molecule has 0 atom stereocenters. The maximum atomic E-state index is 13.7. The van der Waals surface area contributed by atoms with Gasteiger partial charge in [0, 0.05) is 24.0 Å². The molecule has 0 unspecified atom stereocenters. The molecule has 3 fully saturated rings. The van der Waals surface area contributed by atoms with Crippen LogP contribution in [0.5, 0.6) is 0 Å². The van der Waals surface area contributed by atoms with Gasteiger partial charge in [-0.05, 0) is 74.6 Å². The lowest BCUT2D eigenvalue weighted by molar-refractivity contribution is -0.124. The van der Waals surface area contributed by atoms with E-state index in [1.165, 1.54) is 55.5 Å². The summed E-state index contributed by atoms with van der Waals surface area (Å²) in [5, 5.41) is 0.966. The molecule has 1 aromatic heterocycles. The van der Waals surface area contributed by atoms with Gasteiger partial charge in [0.25, 0.3) is 5.91 Å². The fourth-order valence-electron chi connectivity index (χ4n) is 5.73. The Kier molecular flexibility index (Phi) is 7.29. The summed E-state index contributed by atoms with van der Waals surface area (Å²) < 4.78 is 2.35. The summed E-state index contributed by atoms with van der Waals surface area (Å²) in [7, 11) is 0. The first-order chi connectivity index (χ1) is 16.6. The molecule has 0 N–H and O–H groups in total. The largest absolute Gasteiger partial charge is 0.344 e. The molecule has 34 heavy (non-hydrogen) atoms. The highest BCUT2D eigenvalue weighted by atomic mass is 32.2. The molecule has 3 aliphatic rings. The number of aliphatic imine (C=N–C) groups is 1. The van der Waals surface area contributed by atoms with Crippen molar-refractivity contribution in [3.63, 3.8) is 0 Å². The molecule has 0 radical (unpaired) electrons. The maximum absolute atomic E-state index is 13.7. The Labute approximate surface area is 208 Å². The van der Waals surface area contributed by atoms with Crippen molar-refractivity contribution in [2.45, 2.75) is 96.7 Å². The smallest absolute Gasteiger partial charge is 0.267 e. The summed E-state index contributed by atoms with van der Waals surface area (Å²) in [6.07, 6.45) is 14.2. The van der Waals surface area contributed by atoms with Gasteiger partial charge in [0.05, 0.1) is 10.9 Å². The number of amides is 1. The molecule has 2 saturated carbocycles. The van der Waals surface area contributed by atoms with Crippen LogP contribution in [0.3, 0.4) is 0 Å². The van der Waals surface area contributed by atoms with E-state index < -0.39 is 0 Å². The van der Waals surface area contributed by atoms with E-state index in [0.29, 0.717) is 12.1 Å². The van der Waals surface area contributed by atoms with Crippen LogP contribution in [0.15, 0.2) is 46.3 Å². The molecule has 1 aromatic carbocycles. The SMILES string of the molecule is Cc1cc(C=C2SC(=NC3CCCCC3)N(C3CCCCC3)C2=O)c(C)n1Cc1ccccc1. The van der Waals surface area contributed by atoms with E-state index in [1.54, 1.807) is 11.8 Å². The zero-order chi connectivity index (χ0) is 23.5. The Morgan fingerprint density at radius 1 is 0.971 bits per heavy atom. The highest BCUT2D eigenvalue weighted by molar-refractivity contribution is 8.18. The number of hydrogen-bond acceptors (Lipinski definition) is 3. The Morgan fingerprint density at radius 2 is 1.65 bits per heavy atom. The Hall–Kier alpha value is -2.27. The van der Waals surface area contributed by atoms with Crippen molar-refractivity contribution in [3.05, 3.63) is 63.8 Å². The number of aryl methyl sites for hydroxylation is 1. The standard InChI is InChI=1S/C29H37N3OS/c1-21-18-24(22(2)31(21)20-23-12-6-3-7-13-23)19-27-28(33)32(26-16-10-5-11-17-26)29(34-27)30-25-14-8-4-9-15-25/h3,6-7,12-13,18-19,25-26H,4-5,8-11,14-17,20H2,1-2H3. The summed E-state index contributed by atoms with van der Waals surface area (Å²) >= 11 is 1.62. The second-order valence-corrected chi connectivity index (χ2v) is 11.2. The highest BCUT2D eigenvalue weighted by Crippen LogP contribution is 2.39. The van der Waals surface area contributed by atoms with Crippen LogP contribution in [0.4, 0.5) is 0 Å². The van der Waals surface area contributed by atoms with E-state index in [9.17, 15) is 4.79 Å². The number of carbonyl (C=O) groups is 1. The molecular formula is C29H37N3OS. The first-order valence-corrected chi connectivity index (χ1v) is 13.9. The fraction of sp³-hybridized carbons (Fsp3) is 0.517. The van der Waals surface area contributed by atoms with E-state index in [1.807, 2.05) is 0 Å². The van der Waals surface area contributed by atoms with Gasteiger partial charge in [-0.3, -0.25) is 14.7 Å². The van der Waals surface area contributed by atoms with Crippen LogP contribution in [-0.2, 0) is 11.3 Å². The molecule has 0 spiro atoms. The zero-order valence-corrected chi connectivity index (χ0v) is 21.4. The molecule has 2 aromatic rings. The van der Waals surface area contributed by atoms with Gasteiger partial charge in [-0.15, -0.1) is 0 Å². The monoisotopic (exact) mass is 475 g/mol. The minimum absolute atomic E-state index is 0.166. The minimum atomic E-state index is 0.166. The van der Waals surface area contributed by atoms with Gasteiger partial charge in [0.1, 0.15) is 0 Å². The van der Waals surface area contributed by atoms with Gasteiger partial charge in [-0.25, -0.2) is 0 Å². The molecule has 2 heterocycles. The van der Waals surface area contributed by atoms with Crippen molar-refractivity contribution in [2.24, 2.45) is 4.99 Å². The van der Waals surface area contributed by atoms with Crippen LogP contribution in [0.25, 0.3) is 6.08 Å². The Balaban J connectivity index is 1.44. The van der Waals surface area contributed by atoms with Gasteiger partial charge in [0.2, 0.25) is 0 Å². The first kappa shape index (κ1) is 23.5. The van der Waals surface area contributed by atoms with E-state index in [-0.39, 0.29) is 5.91 Å². The van der Waals surface area contributed by atoms with Crippen LogP contribution in [-0.4, -0.2) is 32.6 Å². The van der Waals surface area contributed by atoms with Crippen LogP contribution in [0.1, 0.15) is 86.7 Å². The predicted octanol–water partition coefficient (Wildman–Crippen LogP) is 7.09. The lowest BCUT2D eigenvalue weighted by atomic mass is 9.94. The number of aromatic nitrogens is 1. The van der Waals surface area contributed by atoms with Crippen molar-refractivity contribution < 1.29 is 4.79 Å². The van der Waals surface area contributed by atoms with Crippen LogP contribution in [0.2, 0.25) is 0 Å². The molecule has 5 rings (SSSR count). The fourth-order valence-corrected chi connectivity index (χ4v) is 6.83. The van der Waals surface area contributed by atoms with Gasteiger partial charge < -0.3 is 4.57 Å². The number of carbonyl (C=O) groups excluding carboxylic acids is 1. The molecular weight excluding hydrogens is 438 g/mol. The molecule has 1 amide bonds. The highest BCUT2D eigenvalue weighted by Gasteiger charge is 2.39. The molecule has 5 heteroatoms. The van der Waals surface area contributed by atoms with Gasteiger partial charge in [-0.1, -0.05) is 68.9 Å². The second kappa shape index (κ2) is 10.6. The van der Waals surface area contributed by atoms with Gasteiger partial charge in [0.15, 0.2) is 5.17 Å². The van der Waals surface area contributed by atoms with Crippen molar-refractivity contribution in [1.82, 2.24) is 9.47 Å². The third kappa shape index (κ3) is 5.05. The van der Waals surface area contributed by atoms with Crippen molar-refractivity contribution >= 4 is 28.9 Å². The summed E-state index contributed by atoms with van der Waals surface area (Å²) in [5.74, 6) is 0.166. The predicted molar refractivity (Wildman–Crippen MR) is 143 cm³/mol. The molecule has 0 bridgehead atoms. The summed E-state index contributed by atoms with van der Waals surface area (Å²) in [4.78, 5) is 21.8. The quantitative estimate of drug-likeness (QED) is 0.433. The van der Waals surface area contributed by atoms with E-state index in [4.69, 9.17) is 4.99 Å². The van der Waals surface area contributed by atoms with Crippen molar-refractivity contribution in [3.8, 4) is 0 Å². The normalized spacial score (nSPS) is 22.9. The summed E-state index contributed by atoms with van der Waals surface area (Å²) in [6, 6.07) is 13.5. The average Bonchev–Trinajstić information content (AvgIpc) is 3.31. The number of hydrogen-bond donors (Lipinski definition) is 0. The third-order valence-corrected chi connectivity index (χ3v) is 8.72. The lowest BCUT2D eigenvalue weighted by Crippen LogP contribution is -2.41. The Morgan fingerprint density at radius 3 is 2.35 bits per heavy atom. The maximum Gasteiger partial charge on any atom is 0.267 e. The lowest BCUT2D eigenvalue weighted by Gasteiger charge is -2.31. The molecule has 1 saturated heterocycles. The molecule has 2 aliphatic carbocycles. The average molecular weight is 476 g/mol. The molecule has 180 valence electrons. The topological polar surface area (TPSA) is 37.6 Å². The van der Waals surface area contributed by atoms with E-state index in [2.05, 4.69) is 65.8 Å². The van der Waals surface area contributed by atoms with E-state index in [0.717, 1.165) is 47.9 Å². The van der Waals surface area contributed by atoms with Crippen LogP contribution < -0.4 is 0 Å². The second-order valence-electron chi connectivity index (χ2n) is 10.2. The van der Waals surface area contributed by atoms with Crippen LogP contribution >= 0.6 is 11.8 Å². The van der Waals surface area contributed by atoms with E-state index >= 15 is 0 Å². The first-order valence-electron chi connectivity index (χ1n) is 13.1. The van der Waals surface area contributed by atoms with Crippen molar-refractivity contribution in [2.75, 3.05) is 0 Å². The Bertz CT molecular complexity index is 1070. The third-order valence-electron chi connectivity index (χ3n) is 7.73. The molecule has 1 aliphatic heterocycles. The number of benzene rings is 1.